The van der Waals surface area contributed by atoms with Crippen LogP contribution in [0.5, 0.6) is 0 Å². The van der Waals surface area contributed by atoms with Crippen molar-refractivity contribution in [2.75, 3.05) is 9.80 Å². The van der Waals surface area contributed by atoms with E-state index in [1.165, 1.54) is 60.0 Å². The number of aromatic nitrogens is 1. The van der Waals surface area contributed by atoms with Crippen molar-refractivity contribution in [3.63, 3.8) is 0 Å². The summed E-state index contributed by atoms with van der Waals surface area (Å²) in [4.78, 5) is 4.61. The van der Waals surface area contributed by atoms with Crippen molar-refractivity contribution in [1.29, 1.82) is 10.5 Å². The van der Waals surface area contributed by atoms with Crippen LogP contribution in [0.25, 0.3) is 70.8 Å². The van der Waals surface area contributed by atoms with Crippen molar-refractivity contribution in [2.24, 2.45) is 11.8 Å². The monoisotopic (exact) mass is 887 g/mol. The molecule has 5 nitrogen and oxygen atoms in total. The molecule has 5 heteroatoms. The molecule has 0 bridgehead atoms. The van der Waals surface area contributed by atoms with Gasteiger partial charge in [-0.15, -0.1) is 0 Å². The predicted octanol–water partition coefficient (Wildman–Crippen LogP) is 17.4. The summed E-state index contributed by atoms with van der Waals surface area (Å²) in [6, 6.07) is 67.9. The summed E-state index contributed by atoms with van der Waals surface area (Å²) in [6.07, 6.45) is 7.97. The van der Waals surface area contributed by atoms with E-state index in [1.807, 2.05) is 36.4 Å². The number of allylic oxidation sites excluding steroid dienone is 3. The first-order valence-corrected chi connectivity index (χ1v) is 24.0. The maximum absolute atomic E-state index is 9.66. The molecule has 2 heterocycles. The third kappa shape index (κ3) is 7.14. The van der Waals surface area contributed by atoms with Crippen LogP contribution in [0.3, 0.4) is 0 Å². The molecule has 1 unspecified atom stereocenters. The minimum Gasteiger partial charge on any atom is -0.311 e. The van der Waals surface area contributed by atoms with Crippen LogP contribution in [-0.4, -0.2) is 4.40 Å². The van der Waals surface area contributed by atoms with Crippen LogP contribution in [0.4, 0.5) is 28.4 Å². The molecular formula is C64H49N5. The number of nitriles is 2. The van der Waals surface area contributed by atoms with Gasteiger partial charge in [-0.05, 0) is 190 Å². The second-order valence-electron chi connectivity index (χ2n) is 19.3. The topological polar surface area (TPSA) is 58.5 Å². The zero-order valence-electron chi connectivity index (χ0n) is 39.2. The number of fused-ring (bicyclic) bond motifs is 8. The summed E-state index contributed by atoms with van der Waals surface area (Å²) in [6.45, 7) is 9.02. The van der Waals surface area contributed by atoms with Gasteiger partial charge in [0.25, 0.3) is 0 Å². The third-order valence-electron chi connectivity index (χ3n) is 14.5. The number of anilines is 5. The van der Waals surface area contributed by atoms with E-state index >= 15 is 0 Å². The van der Waals surface area contributed by atoms with E-state index in [9.17, 15) is 10.5 Å². The molecule has 9 aromatic carbocycles. The van der Waals surface area contributed by atoms with Crippen LogP contribution in [0.2, 0.25) is 0 Å². The number of rotatable bonds is 9. The summed E-state index contributed by atoms with van der Waals surface area (Å²) in [7, 11) is 0. The van der Waals surface area contributed by atoms with Gasteiger partial charge in [0.1, 0.15) is 0 Å². The van der Waals surface area contributed by atoms with Crippen LogP contribution in [0.1, 0.15) is 56.7 Å². The van der Waals surface area contributed by atoms with Gasteiger partial charge in [0, 0.05) is 55.7 Å². The molecule has 1 aliphatic carbocycles. The maximum atomic E-state index is 9.66. The first-order chi connectivity index (χ1) is 33.7. The molecule has 0 radical (unpaired) electrons. The molecule has 0 saturated carbocycles. The Kier molecular flexibility index (Phi) is 10.0. The summed E-state index contributed by atoms with van der Waals surface area (Å²) in [5.41, 5.74) is 14.8. The fourth-order valence-electron chi connectivity index (χ4n) is 10.6. The van der Waals surface area contributed by atoms with Gasteiger partial charge >= 0.3 is 0 Å². The summed E-state index contributed by atoms with van der Waals surface area (Å²) in [5, 5.41) is 28.9. The zero-order valence-corrected chi connectivity index (χ0v) is 39.2. The average molecular weight is 888 g/mol. The molecule has 11 aromatic rings. The van der Waals surface area contributed by atoms with Gasteiger partial charge in [-0.25, -0.2) is 0 Å². The summed E-state index contributed by atoms with van der Waals surface area (Å²) in [5.74, 6) is 1.48. The van der Waals surface area contributed by atoms with Crippen molar-refractivity contribution < 1.29 is 0 Å². The highest BCUT2D eigenvalue weighted by molar-refractivity contribution is 6.27. The Bertz CT molecular complexity index is 3940. The highest BCUT2D eigenvalue weighted by atomic mass is 15.1. The van der Waals surface area contributed by atoms with Crippen molar-refractivity contribution in [3.8, 4) is 23.3 Å². The Morgan fingerprint density at radius 1 is 0.493 bits per heavy atom. The Labute approximate surface area is 402 Å². The maximum Gasteiger partial charge on any atom is 0.0991 e. The van der Waals surface area contributed by atoms with Crippen molar-refractivity contribution in [3.05, 3.63) is 217 Å². The van der Waals surface area contributed by atoms with Crippen LogP contribution in [-0.2, 0) is 0 Å². The van der Waals surface area contributed by atoms with Crippen molar-refractivity contribution in [1.82, 2.24) is 4.40 Å². The first kappa shape index (κ1) is 41.8. The lowest BCUT2D eigenvalue weighted by atomic mass is 9.88. The minimum atomic E-state index is 0.424. The SMILES string of the molecule is CC(C)c1ccc(N(c2ccc(C#N)cc2)c2ccc3cc4c5cc(-c6ccccc6)cc6c7cc8ccc(N(C9=CCC(C(C)C)C=C9)c9ccc(C#N)cc9)cc8cc7n(c4cc3c2)c65)cc1. The van der Waals surface area contributed by atoms with E-state index in [4.69, 9.17) is 0 Å². The smallest absolute Gasteiger partial charge is 0.0991 e. The van der Waals surface area contributed by atoms with Gasteiger partial charge in [-0.1, -0.05) is 94.4 Å². The van der Waals surface area contributed by atoms with E-state index in [0.717, 1.165) is 56.8 Å². The van der Waals surface area contributed by atoms with Crippen LogP contribution >= 0.6 is 0 Å². The second-order valence-corrected chi connectivity index (χ2v) is 19.3. The number of hydrogen-bond acceptors (Lipinski definition) is 4. The number of benzene rings is 9. The van der Waals surface area contributed by atoms with Gasteiger partial charge in [0.05, 0.1) is 39.8 Å². The zero-order chi connectivity index (χ0) is 46.9. The summed E-state index contributed by atoms with van der Waals surface area (Å²) >= 11 is 0. The van der Waals surface area contributed by atoms with Crippen LogP contribution in [0.15, 0.2) is 200 Å². The lowest BCUT2D eigenvalue weighted by Gasteiger charge is -2.30. The van der Waals surface area contributed by atoms with E-state index < -0.39 is 0 Å². The Hall–Kier alpha value is -8.64. The lowest BCUT2D eigenvalue weighted by molar-refractivity contribution is 0.466. The molecule has 0 amide bonds. The van der Waals surface area contributed by atoms with E-state index in [2.05, 4.69) is 212 Å². The van der Waals surface area contributed by atoms with E-state index in [-0.39, 0.29) is 0 Å². The van der Waals surface area contributed by atoms with Gasteiger partial charge in [0.2, 0.25) is 0 Å². The molecule has 0 spiro atoms. The number of hydrogen-bond donors (Lipinski definition) is 0. The molecule has 12 rings (SSSR count). The molecule has 330 valence electrons. The summed E-state index contributed by atoms with van der Waals surface area (Å²) < 4.78 is 2.50. The first-order valence-electron chi connectivity index (χ1n) is 24.0. The van der Waals surface area contributed by atoms with E-state index in [1.54, 1.807) is 0 Å². The number of nitrogens with zero attached hydrogens (tertiary/aromatic N) is 5. The lowest BCUT2D eigenvalue weighted by Crippen LogP contribution is -2.18. The van der Waals surface area contributed by atoms with Crippen LogP contribution < -0.4 is 9.80 Å². The second kappa shape index (κ2) is 16.6. The highest BCUT2D eigenvalue weighted by Crippen LogP contribution is 2.46. The largest absolute Gasteiger partial charge is 0.311 e. The Balaban J connectivity index is 1.07. The molecule has 1 aliphatic rings. The average Bonchev–Trinajstić information content (AvgIpc) is 3.88. The fourth-order valence-corrected chi connectivity index (χ4v) is 10.6. The van der Waals surface area contributed by atoms with Crippen LogP contribution in [0, 0.1) is 34.5 Å². The van der Waals surface area contributed by atoms with E-state index in [0.29, 0.717) is 28.9 Å². The predicted molar refractivity (Wildman–Crippen MR) is 289 cm³/mol. The standard InChI is InChI=1S/C64H49N5/c1-40(2)44-14-24-54(25-15-44)67(52-20-10-42(38-65)11-21-52)56-28-18-47-32-58-60-34-51(46-8-6-5-7-9-46)35-61-59-33-48-19-29-57(31-50(48)37-63(59)69(64(60)61)62(58)36-49(47)30-56)68(53-22-12-43(39-66)13-23-53)55-26-16-45(17-27-55)41(3)4/h5-16,18-37,40-41,45H,17H2,1-4H3. The Morgan fingerprint density at radius 2 is 1.00 bits per heavy atom. The molecule has 1 atom stereocenters. The van der Waals surface area contributed by atoms with Gasteiger partial charge < -0.3 is 14.2 Å². The minimum absolute atomic E-state index is 0.424. The molecule has 0 N–H and O–H groups in total. The molecule has 0 fully saturated rings. The molecular weight excluding hydrogens is 839 g/mol. The third-order valence-corrected chi connectivity index (χ3v) is 14.5. The highest BCUT2D eigenvalue weighted by Gasteiger charge is 2.23. The molecule has 69 heavy (non-hydrogen) atoms. The van der Waals surface area contributed by atoms with Gasteiger partial charge in [0.15, 0.2) is 0 Å². The molecule has 2 aromatic heterocycles. The van der Waals surface area contributed by atoms with Gasteiger partial charge in [-0.3, -0.25) is 0 Å². The molecule has 0 aliphatic heterocycles. The quantitative estimate of drug-likeness (QED) is 0.145. The van der Waals surface area contributed by atoms with Crippen molar-refractivity contribution in [2.45, 2.75) is 40.0 Å². The van der Waals surface area contributed by atoms with Gasteiger partial charge in [-0.2, -0.15) is 10.5 Å². The normalized spacial score (nSPS) is 13.9. The fraction of sp³-hybridized carbons (Fsp3) is 0.125. The molecule has 0 saturated heterocycles. The Morgan fingerprint density at radius 3 is 1.49 bits per heavy atom. The van der Waals surface area contributed by atoms with Crippen molar-refractivity contribution >= 4 is 88.1 Å².